The van der Waals surface area contributed by atoms with Crippen LogP contribution in [-0.4, -0.2) is 36.6 Å². The molecule has 0 radical (unpaired) electrons. The molecule has 1 aromatic heterocycles. The van der Waals surface area contributed by atoms with Crippen molar-refractivity contribution in [3.63, 3.8) is 0 Å². The molecule has 2 N–H and O–H groups in total. The van der Waals surface area contributed by atoms with Crippen molar-refractivity contribution in [2.75, 3.05) is 31.4 Å². The maximum absolute atomic E-state index is 12.3. The second-order valence-corrected chi connectivity index (χ2v) is 5.10. The van der Waals surface area contributed by atoms with Crippen molar-refractivity contribution in [2.24, 2.45) is 0 Å². The van der Waals surface area contributed by atoms with E-state index in [0.717, 1.165) is 19.4 Å². The van der Waals surface area contributed by atoms with Gasteiger partial charge in [-0.05, 0) is 18.6 Å². The topological polar surface area (TPSA) is 85.4 Å². The van der Waals surface area contributed by atoms with Gasteiger partial charge in [-0.25, -0.2) is 9.97 Å². The number of nitrogens with zero attached hydrogens (tertiary/aromatic N) is 2. The molecule has 24 heavy (non-hydrogen) atoms. The number of hydrogen-bond donors (Lipinski definition) is 2. The predicted octanol–water partition coefficient (Wildman–Crippen LogP) is 2.96. The molecule has 7 heteroatoms. The zero-order valence-electron chi connectivity index (χ0n) is 14.1. The standard InChI is InChI=1S/C17H22N4O3/c1-4-5-8-18-17-19-10-12(11-20-17)16(22)21-14-7-6-13(23-2)9-15(14)24-3/h6-7,9-11H,4-5,8H2,1-3H3,(H,21,22)(H,18,19,20). The van der Waals surface area contributed by atoms with Crippen LogP contribution >= 0.6 is 0 Å². The molecule has 0 unspecified atom stereocenters. The summed E-state index contributed by atoms with van der Waals surface area (Å²) in [6.45, 7) is 2.93. The van der Waals surface area contributed by atoms with Gasteiger partial charge in [0.05, 0.1) is 25.5 Å². The summed E-state index contributed by atoms with van der Waals surface area (Å²) in [6, 6.07) is 5.17. The Kier molecular flexibility index (Phi) is 6.36. The highest BCUT2D eigenvalue weighted by atomic mass is 16.5. The number of rotatable bonds is 8. The smallest absolute Gasteiger partial charge is 0.258 e. The van der Waals surface area contributed by atoms with E-state index in [4.69, 9.17) is 9.47 Å². The van der Waals surface area contributed by atoms with Gasteiger partial charge in [0, 0.05) is 25.0 Å². The number of methoxy groups -OCH3 is 2. The van der Waals surface area contributed by atoms with Crippen molar-refractivity contribution in [1.82, 2.24) is 9.97 Å². The number of benzene rings is 1. The molecule has 0 fully saturated rings. The molecule has 0 aliphatic rings. The summed E-state index contributed by atoms with van der Waals surface area (Å²) in [5, 5.41) is 5.89. The molecule has 0 spiro atoms. The largest absolute Gasteiger partial charge is 0.497 e. The van der Waals surface area contributed by atoms with Crippen LogP contribution in [0.15, 0.2) is 30.6 Å². The van der Waals surface area contributed by atoms with Crippen LogP contribution in [0.1, 0.15) is 30.1 Å². The van der Waals surface area contributed by atoms with E-state index >= 15 is 0 Å². The summed E-state index contributed by atoms with van der Waals surface area (Å²) >= 11 is 0. The Morgan fingerprint density at radius 1 is 1.17 bits per heavy atom. The summed E-state index contributed by atoms with van der Waals surface area (Å²) in [4.78, 5) is 20.6. The maximum Gasteiger partial charge on any atom is 0.258 e. The Morgan fingerprint density at radius 3 is 2.54 bits per heavy atom. The number of unbranched alkanes of at least 4 members (excludes halogenated alkanes) is 1. The summed E-state index contributed by atoms with van der Waals surface area (Å²) < 4.78 is 10.4. The Morgan fingerprint density at radius 2 is 1.92 bits per heavy atom. The van der Waals surface area contributed by atoms with Gasteiger partial charge >= 0.3 is 0 Å². The maximum atomic E-state index is 12.3. The lowest BCUT2D eigenvalue weighted by molar-refractivity contribution is 0.102. The number of ether oxygens (including phenoxy) is 2. The van der Waals surface area contributed by atoms with Crippen molar-refractivity contribution in [2.45, 2.75) is 19.8 Å². The summed E-state index contributed by atoms with van der Waals surface area (Å²) in [5.74, 6) is 1.37. The van der Waals surface area contributed by atoms with E-state index in [-0.39, 0.29) is 5.91 Å². The molecular formula is C17H22N4O3. The fourth-order valence-electron chi connectivity index (χ4n) is 2.01. The van der Waals surface area contributed by atoms with Gasteiger partial charge in [0.2, 0.25) is 5.95 Å². The number of carbonyl (C=O) groups is 1. The third-order valence-corrected chi connectivity index (χ3v) is 3.38. The third kappa shape index (κ3) is 4.58. The van der Waals surface area contributed by atoms with E-state index in [1.54, 1.807) is 25.3 Å². The van der Waals surface area contributed by atoms with Gasteiger partial charge in [-0.3, -0.25) is 4.79 Å². The zero-order chi connectivity index (χ0) is 17.4. The molecule has 0 aliphatic heterocycles. The van der Waals surface area contributed by atoms with E-state index in [0.29, 0.717) is 28.7 Å². The average Bonchev–Trinajstić information content (AvgIpc) is 2.62. The lowest BCUT2D eigenvalue weighted by Crippen LogP contribution is -2.14. The first-order valence-electron chi connectivity index (χ1n) is 7.77. The van der Waals surface area contributed by atoms with Gasteiger partial charge < -0.3 is 20.1 Å². The molecule has 0 atom stereocenters. The van der Waals surface area contributed by atoms with Crippen molar-refractivity contribution in [3.8, 4) is 11.5 Å². The number of amides is 1. The Labute approximate surface area is 141 Å². The molecule has 2 aromatic rings. The molecule has 7 nitrogen and oxygen atoms in total. The van der Waals surface area contributed by atoms with Gasteiger partial charge in [-0.2, -0.15) is 0 Å². The molecule has 128 valence electrons. The molecule has 1 heterocycles. The first kappa shape index (κ1) is 17.5. The number of aromatic nitrogens is 2. The highest BCUT2D eigenvalue weighted by Crippen LogP contribution is 2.29. The number of anilines is 2. The molecule has 0 bridgehead atoms. The molecule has 2 rings (SSSR count). The van der Waals surface area contributed by atoms with Crippen LogP contribution in [-0.2, 0) is 0 Å². The van der Waals surface area contributed by atoms with Crippen molar-refractivity contribution < 1.29 is 14.3 Å². The number of hydrogen-bond acceptors (Lipinski definition) is 6. The summed E-state index contributed by atoms with van der Waals surface area (Å²) in [6.07, 6.45) is 5.12. The Bertz CT molecular complexity index is 674. The monoisotopic (exact) mass is 330 g/mol. The quantitative estimate of drug-likeness (QED) is 0.724. The number of nitrogens with one attached hydrogen (secondary N) is 2. The Balaban J connectivity index is 2.04. The van der Waals surface area contributed by atoms with Gasteiger partial charge in [-0.1, -0.05) is 13.3 Å². The van der Waals surface area contributed by atoms with Gasteiger partial charge in [0.15, 0.2) is 0 Å². The van der Waals surface area contributed by atoms with Crippen LogP contribution in [0.5, 0.6) is 11.5 Å². The van der Waals surface area contributed by atoms with Crippen LogP contribution in [0.2, 0.25) is 0 Å². The minimum Gasteiger partial charge on any atom is -0.497 e. The second kappa shape index (κ2) is 8.71. The molecule has 0 aliphatic carbocycles. The minimum absolute atomic E-state index is 0.307. The fourth-order valence-corrected chi connectivity index (χ4v) is 2.01. The van der Waals surface area contributed by atoms with E-state index in [1.807, 2.05) is 0 Å². The van der Waals surface area contributed by atoms with Crippen molar-refractivity contribution in [3.05, 3.63) is 36.2 Å². The Hall–Kier alpha value is -2.83. The lowest BCUT2D eigenvalue weighted by Gasteiger charge is -2.11. The van der Waals surface area contributed by atoms with Gasteiger partial charge in [0.1, 0.15) is 11.5 Å². The van der Waals surface area contributed by atoms with Crippen molar-refractivity contribution in [1.29, 1.82) is 0 Å². The van der Waals surface area contributed by atoms with Crippen LogP contribution in [0.3, 0.4) is 0 Å². The average molecular weight is 330 g/mol. The minimum atomic E-state index is -0.307. The third-order valence-electron chi connectivity index (χ3n) is 3.38. The van der Waals surface area contributed by atoms with Gasteiger partial charge in [-0.15, -0.1) is 0 Å². The second-order valence-electron chi connectivity index (χ2n) is 5.10. The highest BCUT2D eigenvalue weighted by molar-refractivity contribution is 6.04. The lowest BCUT2D eigenvalue weighted by atomic mass is 10.2. The first-order chi connectivity index (χ1) is 11.7. The van der Waals surface area contributed by atoms with E-state index in [1.165, 1.54) is 19.5 Å². The SMILES string of the molecule is CCCCNc1ncc(C(=O)Nc2ccc(OC)cc2OC)cn1. The fraction of sp³-hybridized carbons (Fsp3) is 0.353. The van der Waals surface area contributed by atoms with E-state index in [9.17, 15) is 4.79 Å². The number of carbonyl (C=O) groups excluding carboxylic acids is 1. The molecule has 1 amide bonds. The van der Waals surface area contributed by atoms with Crippen LogP contribution in [0.25, 0.3) is 0 Å². The predicted molar refractivity (Wildman–Crippen MR) is 92.9 cm³/mol. The van der Waals surface area contributed by atoms with Gasteiger partial charge in [0.25, 0.3) is 5.91 Å². The van der Waals surface area contributed by atoms with Crippen LogP contribution in [0, 0.1) is 0 Å². The zero-order valence-corrected chi connectivity index (χ0v) is 14.1. The van der Waals surface area contributed by atoms with Crippen LogP contribution < -0.4 is 20.1 Å². The van der Waals surface area contributed by atoms with Crippen LogP contribution in [0.4, 0.5) is 11.6 Å². The highest BCUT2D eigenvalue weighted by Gasteiger charge is 2.11. The molecular weight excluding hydrogens is 308 g/mol. The summed E-state index contributed by atoms with van der Waals surface area (Å²) in [5.41, 5.74) is 0.919. The van der Waals surface area contributed by atoms with E-state index < -0.39 is 0 Å². The molecule has 0 saturated carbocycles. The normalized spacial score (nSPS) is 10.1. The molecule has 0 saturated heterocycles. The molecule has 1 aromatic carbocycles. The first-order valence-corrected chi connectivity index (χ1v) is 7.77. The van der Waals surface area contributed by atoms with Crippen molar-refractivity contribution >= 4 is 17.5 Å². The summed E-state index contributed by atoms with van der Waals surface area (Å²) in [7, 11) is 3.10. The van der Waals surface area contributed by atoms with E-state index in [2.05, 4.69) is 27.5 Å².